The second-order valence-electron chi connectivity index (χ2n) is 28.7. The smallest absolute Gasteiger partial charge is 0.306 e. The Hall–Kier alpha value is -3.07. The molecule has 0 aliphatic heterocycles. The summed E-state index contributed by atoms with van der Waals surface area (Å²) in [6, 6.07) is 0. The lowest BCUT2D eigenvalue weighted by Gasteiger charge is -2.28. The third-order valence-corrected chi connectivity index (χ3v) is 19.1. The molecule has 0 saturated carbocycles. The number of hydrogen-bond donors (Lipinski definition) is 0. The van der Waals surface area contributed by atoms with Gasteiger partial charge in [-0.2, -0.15) is 0 Å². The van der Waals surface area contributed by atoms with E-state index in [1.54, 1.807) is 0 Å². The minimum Gasteiger partial charge on any atom is -0.756 e. The predicted molar refractivity (Wildman–Crippen MR) is 416 cm³/mol. The van der Waals surface area contributed by atoms with Crippen molar-refractivity contribution in [1.82, 2.24) is 0 Å². The SMILES string of the molecule is CC/C=C\C/C=C\C/C=C\C/C=C\CCCCCCCCCCCCCCCCCCCCCCCCCCCCCCC(=O)OC(COC(=O)CCCCCCCCCCCCCCCCCCCC/C=C\C/C=C\C/C=C\C/C=C\CC)COP(=O)([O-])OCC[N+](C)(C)C. The van der Waals surface area contributed by atoms with Gasteiger partial charge in [-0.05, 0) is 89.9 Å². The monoisotopic (exact) mass is 1360 g/mol. The van der Waals surface area contributed by atoms with Crippen LogP contribution in [0.15, 0.2) is 97.2 Å². The number of quaternary nitrogens is 1. The van der Waals surface area contributed by atoms with E-state index < -0.39 is 26.5 Å². The lowest BCUT2D eigenvalue weighted by atomic mass is 10.0. The molecule has 0 aliphatic rings. The number of allylic oxidation sites excluding steroid dienone is 16. The van der Waals surface area contributed by atoms with Crippen molar-refractivity contribution in [1.29, 1.82) is 0 Å². The summed E-state index contributed by atoms with van der Waals surface area (Å²) in [5, 5.41) is 0. The highest BCUT2D eigenvalue weighted by Gasteiger charge is 2.22. The molecule has 0 aromatic heterocycles. The number of esters is 2. The summed E-state index contributed by atoms with van der Waals surface area (Å²) >= 11 is 0. The Morgan fingerprint density at radius 2 is 0.562 bits per heavy atom. The first-order valence-electron chi connectivity index (χ1n) is 40.9. The number of phosphoric ester groups is 1. The van der Waals surface area contributed by atoms with Crippen LogP contribution in [0, 0.1) is 0 Å². The molecular weight excluding hydrogens is 1210 g/mol. The number of hydrogen-bond acceptors (Lipinski definition) is 8. The van der Waals surface area contributed by atoms with Gasteiger partial charge in [0.25, 0.3) is 7.82 Å². The lowest BCUT2D eigenvalue weighted by molar-refractivity contribution is -0.870. The van der Waals surface area contributed by atoms with Crippen LogP contribution in [-0.4, -0.2) is 70.0 Å². The summed E-state index contributed by atoms with van der Waals surface area (Å²) in [5.74, 6) is -0.814. The molecule has 0 bridgehead atoms. The van der Waals surface area contributed by atoms with Gasteiger partial charge in [0.05, 0.1) is 27.7 Å². The molecule has 9 nitrogen and oxygen atoms in total. The molecule has 10 heteroatoms. The first kappa shape index (κ1) is 92.9. The van der Waals surface area contributed by atoms with Gasteiger partial charge < -0.3 is 27.9 Å². The van der Waals surface area contributed by atoms with E-state index in [-0.39, 0.29) is 32.0 Å². The summed E-state index contributed by atoms with van der Waals surface area (Å²) < 4.78 is 34.4. The summed E-state index contributed by atoms with van der Waals surface area (Å²) in [6.45, 7) is 4.07. The van der Waals surface area contributed by atoms with Crippen LogP contribution in [0.1, 0.15) is 386 Å². The van der Waals surface area contributed by atoms with Crippen LogP contribution in [-0.2, 0) is 32.7 Å². The second-order valence-corrected chi connectivity index (χ2v) is 30.1. The third-order valence-electron chi connectivity index (χ3n) is 18.1. The Morgan fingerprint density at radius 1 is 0.323 bits per heavy atom. The largest absolute Gasteiger partial charge is 0.756 e. The van der Waals surface area contributed by atoms with Crippen molar-refractivity contribution >= 4 is 19.8 Å². The molecule has 558 valence electrons. The summed E-state index contributed by atoms with van der Waals surface area (Å²) in [4.78, 5) is 38.2. The Balaban J connectivity index is 3.89. The minimum absolute atomic E-state index is 0.0300. The Bertz CT molecular complexity index is 1940. The summed E-state index contributed by atoms with van der Waals surface area (Å²) in [6.07, 6.45) is 107. The fourth-order valence-electron chi connectivity index (χ4n) is 11.9. The van der Waals surface area contributed by atoms with E-state index in [0.29, 0.717) is 17.4 Å². The first-order chi connectivity index (χ1) is 47.0. The molecule has 96 heavy (non-hydrogen) atoms. The molecule has 0 aliphatic carbocycles. The zero-order valence-electron chi connectivity index (χ0n) is 63.8. The maximum absolute atomic E-state index is 12.9. The van der Waals surface area contributed by atoms with E-state index in [4.69, 9.17) is 18.5 Å². The molecule has 0 saturated heterocycles. The molecule has 0 radical (unpaired) electrons. The number of nitrogens with zero attached hydrogens (tertiary/aromatic N) is 1. The maximum Gasteiger partial charge on any atom is 0.306 e. The van der Waals surface area contributed by atoms with Gasteiger partial charge in [-0.1, -0.05) is 381 Å². The van der Waals surface area contributed by atoms with E-state index in [2.05, 4.69) is 111 Å². The molecule has 0 aromatic carbocycles. The fraction of sp³-hybridized carbons (Fsp3) is 0.791. The van der Waals surface area contributed by atoms with Crippen molar-refractivity contribution in [2.24, 2.45) is 0 Å². The van der Waals surface area contributed by atoms with Gasteiger partial charge in [-0.3, -0.25) is 14.2 Å². The van der Waals surface area contributed by atoms with Crippen molar-refractivity contribution in [3.63, 3.8) is 0 Å². The van der Waals surface area contributed by atoms with Gasteiger partial charge in [0.1, 0.15) is 19.8 Å². The lowest BCUT2D eigenvalue weighted by Crippen LogP contribution is -2.37. The van der Waals surface area contributed by atoms with E-state index >= 15 is 0 Å². The molecule has 0 rings (SSSR count). The highest BCUT2D eigenvalue weighted by atomic mass is 31.2. The van der Waals surface area contributed by atoms with E-state index in [1.807, 2.05) is 21.1 Å². The zero-order valence-corrected chi connectivity index (χ0v) is 64.7. The van der Waals surface area contributed by atoms with Crippen molar-refractivity contribution in [3.8, 4) is 0 Å². The second kappa shape index (κ2) is 76.1. The van der Waals surface area contributed by atoms with Crippen LogP contribution in [0.25, 0.3) is 0 Å². The van der Waals surface area contributed by atoms with Crippen LogP contribution in [0.5, 0.6) is 0 Å². The van der Waals surface area contributed by atoms with Crippen LogP contribution in [0.3, 0.4) is 0 Å². The number of unbranched alkanes of at least 4 members (excludes halogenated alkanes) is 46. The van der Waals surface area contributed by atoms with Crippen LogP contribution in [0.2, 0.25) is 0 Å². The van der Waals surface area contributed by atoms with Crippen molar-refractivity contribution in [2.75, 3.05) is 47.5 Å². The normalized spacial score (nSPS) is 13.5. The Kier molecular flexibility index (Phi) is 73.7. The summed E-state index contributed by atoms with van der Waals surface area (Å²) in [7, 11) is 1.18. The quantitative estimate of drug-likeness (QED) is 0.0195. The van der Waals surface area contributed by atoms with Crippen LogP contribution in [0.4, 0.5) is 0 Å². The molecule has 0 amide bonds. The van der Waals surface area contributed by atoms with Crippen LogP contribution >= 0.6 is 7.82 Å². The van der Waals surface area contributed by atoms with Crippen molar-refractivity contribution in [3.05, 3.63) is 97.2 Å². The van der Waals surface area contributed by atoms with Crippen molar-refractivity contribution < 1.29 is 42.1 Å². The Labute approximate surface area is 595 Å². The summed E-state index contributed by atoms with van der Waals surface area (Å²) in [5.41, 5.74) is 0. The molecule has 2 atom stereocenters. The Morgan fingerprint density at radius 3 is 0.833 bits per heavy atom. The molecule has 0 spiro atoms. The van der Waals surface area contributed by atoms with Gasteiger partial charge in [-0.25, -0.2) is 0 Å². The van der Waals surface area contributed by atoms with Gasteiger partial charge in [-0.15, -0.1) is 0 Å². The highest BCUT2D eigenvalue weighted by Crippen LogP contribution is 2.38. The van der Waals surface area contributed by atoms with Crippen LogP contribution < -0.4 is 4.89 Å². The number of carbonyl (C=O) groups is 2. The van der Waals surface area contributed by atoms with E-state index in [0.717, 1.165) is 83.5 Å². The van der Waals surface area contributed by atoms with Gasteiger partial charge in [0.2, 0.25) is 0 Å². The number of rotatable bonds is 76. The highest BCUT2D eigenvalue weighted by molar-refractivity contribution is 7.45. The number of ether oxygens (including phenoxy) is 2. The fourth-order valence-corrected chi connectivity index (χ4v) is 12.7. The average molecular weight is 1360 g/mol. The minimum atomic E-state index is -4.65. The molecular formula is C86H156NO8P. The molecule has 0 fully saturated rings. The standard InChI is InChI=1S/C86H156NO8P/c1-6-8-10-12-14-16-18-20-22-24-26-28-30-32-34-36-38-39-40-41-42-43-44-45-46-47-49-51-53-55-57-59-61-63-65-67-69-71-73-75-77-79-86(89)95-84(83-94-96(90,91)93-81-80-87(3,4)5)82-92-85(88)78-76-74-72-70-68-66-64-62-60-58-56-54-52-50-48-37-35-33-31-29-27-25-23-21-19-17-15-13-11-9-7-2/h8-11,14-17,20-23,26-29,84H,6-7,12-13,18-19,24-25,30-83H2,1-5H3/b10-8-,11-9-,16-14-,17-15-,22-20-,23-21-,28-26-,29-27-. The van der Waals surface area contributed by atoms with Gasteiger partial charge in [0.15, 0.2) is 6.10 Å². The molecule has 2 unspecified atom stereocenters. The number of likely N-dealkylation sites (N-methyl/N-ethyl adjacent to an activating group) is 1. The average Bonchev–Trinajstić information content (AvgIpc) is 2.54. The third kappa shape index (κ3) is 79.9. The number of carbonyl (C=O) groups excluding carboxylic acids is 2. The molecule has 0 N–H and O–H groups in total. The topological polar surface area (TPSA) is 111 Å². The van der Waals surface area contributed by atoms with Gasteiger partial charge in [0, 0.05) is 12.8 Å². The van der Waals surface area contributed by atoms with E-state index in [1.165, 1.54) is 270 Å². The number of phosphoric acid groups is 1. The van der Waals surface area contributed by atoms with E-state index in [9.17, 15) is 19.0 Å². The van der Waals surface area contributed by atoms with Crippen molar-refractivity contribution in [2.45, 2.75) is 392 Å². The maximum atomic E-state index is 12.9. The zero-order chi connectivity index (χ0) is 69.7. The molecule has 0 heterocycles. The first-order valence-corrected chi connectivity index (χ1v) is 42.4. The predicted octanol–water partition coefficient (Wildman–Crippen LogP) is 26.8. The molecule has 0 aromatic rings. The van der Waals surface area contributed by atoms with Gasteiger partial charge >= 0.3 is 11.9 Å².